The topological polar surface area (TPSA) is 51.2 Å². The number of rotatable bonds is 0. The molecule has 0 heterocycles. The van der Waals surface area contributed by atoms with Crippen LogP contribution in [0.1, 0.15) is 0 Å². The van der Waals surface area contributed by atoms with E-state index in [-0.39, 0.29) is 5.75 Å². The molecule has 0 aromatic heterocycles. The van der Waals surface area contributed by atoms with E-state index in [4.69, 9.17) is 0 Å². The quantitative estimate of drug-likeness (QED) is 0.343. The Bertz CT molecular complexity index is 1060. The smallest absolute Gasteiger partial charge is 0.400 e. The van der Waals surface area contributed by atoms with Gasteiger partial charge in [-0.05, 0) is 39.7 Å². The van der Waals surface area contributed by atoms with Crippen LogP contribution in [0.25, 0.3) is 37.3 Å². The van der Waals surface area contributed by atoms with Gasteiger partial charge >= 0.3 is 5.69 Å². The highest BCUT2D eigenvalue weighted by Gasteiger charge is 2.19. The highest BCUT2D eigenvalue weighted by Crippen LogP contribution is 2.42. The number of benzene rings is 4. The normalized spacial score (nSPS) is 11.0. The summed E-state index contributed by atoms with van der Waals surface area (Å²) in [6, 6.07) is 18.8. The standard InChI is InChI=1S/C18H10N2O/c19-20-17-13-7-3-4-8-14(13)18(21)16-10-12-6-2-1-5-11(12)9-15(16)17/h1-10H. The fraction of sp³-hybridized carbons (Fsp3) is 0. The van der Waals surface area contributed by atoms with E-state index < -0.39 is 0 Å². The minimum Gasteiger partial charge on any atom is -0.872 e. The summed E-state index contributed by atoms with van der Waals surface area (Å²) in [5, 5.41) is 26.6. The van der Waals surface area contributed by atoms with E-state index in [9.17, 15) is 10.5 Å². The van der Waals surface area contributed by atoms with Gasteiger partial charge in [0.05, 0.1) is 10.8 Å². The monoisotopic (exact) mass is 270 g/mol. The predicted molar refractivity (Wildman–Crippen MR) is 83.2 cm³/mol. The van der Waals surface area contributed by atoms with Crippen LogP contribution in [-0.2, 0) is 0 Å². The minimum atomic E-state index is -0.0289. The molecule has 0 saturated carbocycles. The van der Waals surface area contributed by atoms with Crippen molar-refractivity contribution in [2.24, 2.45) is 0 Å². The Kier molecular flexibility index (Phi) is 2.33. The van der Waals surface area contributed by atoms with Crippen LogP contribution in [0.3, 0.4) is 0 Å². The Hall–Kier alpha value is -3.12. The molecule has 0 fully saturated rings. The highest BCUT2D eigenvalue weighted by atomic mass is 16.3. The molecule has 0 saturated heterocycles. The molecular weight excluding hydrogens is 260 g/mol. The van der Waals surface area contributed by atoms with Gasteiger partial charge in [-0.2, -0.15) is 0 Å². The fourth-order valence-electron chi connectivity index (χ4n) is 2.91. The molecule has 0 spiro atoms. The molecule has 0 radical (unpaired) electrons. The average molecular weight is 270 g/mol. The first-order valence-corrected chi connectivity index (χ1v) is 6.69. The van der Waals surface area contributed by atoms with Gasteiger partial charge in [0.2, 0.25) is 5.39 Å². The van der Waals surface area contributed by atoms with Crippen molar-refractivity contribution in [3.63, 3.8) is 0 Å². The van der Waals surface area contributed by atoms with Gasteiger partial charge in [-0.3, -0.25) is 0 Å². The first-order chi connectivity index (χ1) is 10.3. The third kappa shape index (κ3) is 1.56. The molecule has 3 heteroatoms. The summed E-state index contributed by atoms with van der Waals surface area (Å²) in [6.07, 6.45) is 0. The first-order valence-electron chi connectivity index (χ1n) is 6.69. The van der Waals surface area contributed by atoms with E-state index in [0.29, 0.717) is 27.2 Å². The maximum atomic E-state index is 12.7. The van der Waals surface area contributed by atoms with Crippen molar-refractivity contribution in [2.45, 2.75) is 0 Å². The minimum absolute atomic E-state index is 0.0289. The molecule has 0 aliphatic rings. The van der Waals surface area contributed by atoms with E-state index in [1.165, 1.54) is 0 Å². The van der Waals surface area contributed by atoms with E-state index in [1.807, 2.05) is 48.5 Å². The van der Waals surface area contributed by atoms with Crippen molar-refractivity contribution in [1.29, 1.82) is 5.39 Å². The first kappa shape index (κ1) is 11.7. The Morgan fingerprint density at radius 3 is 1.95 bits per heavy atom. The zero-order valence-electron chi connectivity index (χ0n) is 11.1. The Morgan fingerprint density at radius 1 is 0.714 bits per heavy atom. The number of diazo groups is 1. The van der Waals surface area contributed by atoms with Crippen LogP contribution in [0, 0.1) is 5.39 Å². The average Bonchev–Trinajstić information content (AvgIpc) is 2.54. The van der Waals surface area contributed by atoms with Crippen LogP contribution in [0.4, 0.5) is 5.69 Å². The molecule has 0 bridgehead atoms. The fourth-order valence-corrected chi connectivity index (χ4v) is 2.91. The van der Waals surface area contributed by atoms with Crippen molar-refractivity contribution in [2.75, 3.05) is 0 Å². The molecule has 0 N–H and O–H groups in total. The second-order valence-corrected chi connectivity index (χ2v) is 5.07. The molecular formula is C18H10N2O. The van der Waals surface area contributed by atoms with Crippen LogP contribution in [0.2, 0.25) is 0 Å². The van der Waals surface area contributed by atoms with E-state index in [0.717, 1.165) is 10.8 Å². The summed E-state index contributed by atoms with van der Waals surface area (Å²) in [5.74, 6) is -0.0289. The van der Waals surface area contributed by atoms with Crippen LogP contribution in [-0.4, -0.2) is 0 Å². The van der Waals surface area contributed by atoms with Gasteiger partial charge in [0.25, 0.3) is 0 Å². The van der Waals surface area contributed by atoms with Crippen LogP contribution < -0.4 is 5.11 Å². The molecule has 4 aromatic carbocycles. The van der Waals surface area contributed by atoms with Crippen molar-refractivity contribution in [1.82, 2.24) is 0 Å². The molecule has 0 amide bonds. The zero-order chi connectivity index (χ0) is 14.4. The lowest BCUT2D eigenvalue weighted by molar-refractivity contribution is -0.263. The third-order valence-electron chi connectivity index (χ3n) is 3.91. The Balaban J connectivity index is 2.34. The molecule has 0 aliphatic heterocycles. The maximum Gasteiger partial charge on any atom is 0.400 e. The van der Waals surface area contributed by atoms with Crippen LogP contribution in [0.5, 0.6) is 5.75 Å². The summed E-state index contributed by atoms with van der Waals surface area (Å²) in [7, 11) is 0. The van der Waals surface area contributed by atoms with E-state index >= 15 is 0 Å². The van der Waals surface area contributed by atoms with Gasteiger partial charge in [0, 0.05) is 0 Å². The highest BCUT2D eigenvalue weighted by molar-refractivity contribution is 6.18. The van der Waals surface area contributed by atoms with Gasteiger partial charge in [0.1, 0.15) is 0 Å². The van der Waals surface area contributed by atoms with Gasteiger partial charge < -0.3 is 5.11 Å². The molecule has 4 rings (SSSR count). The lowest BCUT2D eigenvalue weighted by atomic mass is 9.97. The SMILES string of the molecule is N#[N+]c1c2ccccc2c([O-])c2cc3ccccc3cc12. The van der Waals surface area contributed by atoms with E-state index in [2.05, 4.69) is 4.98 Å². The number of hydrogen-bond donors (Lipinski definition) is 0. The molecule has 3 nitrogen and oxygen atoms in total. The van der Waals surface area contributed by atoms with Crippen molar-refractivity contribution in [3.8, 4) is 5.75 Å². The summed E-state index contributed by atoms with van der Waals surface area (Å²) >= 11 is 0. The Labute approximate surface area is 120 Å². The molecule has 0 aliphatic carbocycles. The Morgan fingerprint density at radius 2 is 1.29 bits per heavy atom. The summed E-state index contributed by atoms with van der Waals surface area (Å²) < 4.78 is 0. The van der Waals surface area contributed by atoms with Crippen molar-refractivity contribution >= 4 is 38.0 Å². The zero-order valence-corrected chi connectivity index (χ0v) is 11.1. The van der Waals surface area contributed by atoms with Crippen molar-refractivity contribution in [3.05, 3.63) is 65.6 Å². The number of nitrogens with zero attached hydrogens (tertiary/aromatic N) is 2. The van der Waals surface area contributed by atoms with Gasteiger partial charge in [0.15, 0.2) is 4.98 Å². The third-order valence-corrected chi connectivity index (χ3v) is 3.91. The maximum absolute atomic E-state index is 12.7. The molecule has 98 valence electrons. The van der Waals surface area contributed by atoms with Crippen molar-refractivity contribution < 1.29 is 5.11 Å². The van der Waals surface area contributed by atoms with Gasteiger partial charge in [-0.25, -0.2) is 0 Å². The molecule has 21 heavy (non-hydrogen) atoms. The second kappa shape index (κ2) is 4.19. The molecule has 0 atom stereocenters. The molecule has 4 aromatic rings. The predicted octanol–water partition coefficient (Wildman–Crippen LogP) is 4.70. The van der Waals surface area contributed by atoms with Crippen LogP contribution >= 0.6 is 0 Å². The number of hydrogen-bond acceptors (Lipinski definition) is 2. The van der Waals surface area contributed by atoms with Gasteiger partial charge in [-0.15, -0.1) is 0 Å². The lowest BCUT2D eigenvalue weighted by Gasteiger charge is -2.14. The number of fused-ring (bicyclic) bond motifs is 3. The van der Waals surface area contributed by atoms with Crippen LogP contribution in [0.15, 0.2) is 60.7 Å². The van der Waals surface area contributed by atoms with Gasteiger partial charge in [-0.1, -0.05) is 48.2 Å². The molecule has 0 unspecified atom stereocenters. The summed E-state index contributed by atoms with van der Waals surface area (Å²) in [6.45, 7) is 0. The largest absolute Gasteiger partial charge is 0.872 e. The van der Waals surface area contributed by atoms with E-state index in [1.54, 1.807) is 12.1 Å². The lowest BCUT2D eigenvalue weighted by Crippen LogP contribution is -1.93. The summed E-state index contributed by atoms with van der Waals surface area (Å²) in [5.41, 5.74) is 0.450. The summed E-state index contributed by atoms with van der Waals surface area (Å²) in [4.78, 5) is 3.44. The second-order valence-electron chi connectivity index (χ2n) is 5.07.